The van der Waals surface area contributed by atoms with Gasteiger partial charge in [-0.2, -0.15) is 0 Å². The summed E-state index contributed by atoms with van der Waals surface area (Å²) in [4.78, 5) is 12.2. The van der Waals surface area contributed by atoms with E-state index >= 15 is 0 Å². The lowest BCUT2D eigenvalue weighted by Gasteiger charge is -2.13. The molecular formula is C21H27ClN2O5S. The van der Waals surface area contributed by atoms with E-state index in [0.29, 0.717) is 37.8 Å². The number of carbonyl (C=O) groups is 1. The summed E-state index contributed by atoms with van der Waals surface area (Å²) in [6, 6.07) is 10.7. The minimum atomic E-state index is -4.04. The van der Waals surface area contributed by atoms with E-state index in [2.05, 4.69) is 23.9 Å². The fourth-order valence-corrected chi connectivity index (χ4v) is 4.17. The van der Waals surface area contributed by atoms with Crippen LogP contribution in [-0.4, -0.2) is 41.2 Å². The second kappa shape index (κ2) is 11.2. The fourth-order valence-electron chi connectivity index (χ4n) is 2.58. The number of methoxy groups -OCH3 is 1. The van der Waals surface area contributed by atoms with Crippen molar-refractivity contribution < 1.29 is 22.7 Å². The topological polar surface area (TPSA) is 93.7 Å². The molecule has 30 heavy (non-hydrogen) atoms. The van der Waals surface area contributed by atoms with Crippen molar-refractivity contribution in [3.05, 3.63) is 53.1 Å². The standard InChI is InChI=1S/C21H27ClN2O5S/c1-15(2)14-29-12-6-11-23-21(25)16-9-10-17(22)20(13-16)30(26,27)24-18-7-4-5-8-19(18)28-3/h4-5,7-10,13,15,24H,6,11-12,14H2,1-3H3,(H,23,25). The molecule has 0 heterocycles. The molecule has 0 saturated heterocycles. The van der Waals surface area contributed by atoms with Crippen molar-refractivity contribution in [1.29, 1.82) is 0 Å². The summed E-state index contributed by atoms with van der Waals surface area (Å²) >= 11 is 6.11. The van der Waals surface area contributed by atoms with E-state index in [1.54, 1.807) is 24.3 Å². The number of sulfonamides is 1. The van der Waals surface area contributed by atoms with Gasteiger partial charge in [0.2, 0.25) is 0 Å². The molecule has 2 rings (SSSR count). The maximum Gasteiger partial charge on any atom is 0.263 e. The van der Waals surface area contributed by atoms with Gasteiger partial charge < -0.3 is 14.8 Å². The normalized spacial score (nSPS) is 11.4. The molecule has 0 aliphatic rings. The van der Waals surface area contributed by atoms with Crippen LogP contribution < -0.4 is 14.8 Å². The molecule has 9 heteroatoms. The van der Waals surface area contributed by atoms with E-state index in [4.69, 9.17) is 21.1 Å². The SMILES string of the molecule is COc1ccccc1NS(=O)(=O)c1cc(C(=O)NCCCOCC(C)C)ccc1Cl. The summed E-state index contributed by atoms with van der Waals surface area (Å²) in [6.45, 7) is 5.77. The van der Waals surface area contributed by atoms with Gasteiger partial charge in [0.05, 0.1) is 17.8 Å². The highest BCUT2D eigenvalue weighted by Gasteiger charge is 2.21. The molecule has 0 atom stereocenters. The van der Waals surface area contributed by atoms with Crippen molar-refractivity contribution in [2.24, 2.45) is 5.92 Å². The highest BCUT2D eigenvalue weighted by atomic mass is 35.5. The average molecular weight is 455 g/mol. The van der Waals surface area contributed by atoms with Crippen LogP contribution in [0.15, 0.2) is 47.4 Å². The number of para-hydroxylation sites is 2. The zero-order valence-electron chi connectivity index (χ0n) is 17.3. The lowest BCUT2D eigenvalue weighted by molar-refractivity contribution is 0.0925. The monoisotopic (exact) mass is 454 g/mol. The molecule has 0 aliphatic heterocycles. The summed E-state index contributed by atoms with van der Waals surface area (Å²) < 4.78 is 38.8. The Labute approximate surface area is 182 Å². The summed E-state index contributed by atoms with van der Waals surface area (Å²) in [6.07, 6.45) is 0.659. The Morgan fingerprint density at radius 2 is 1.90 bits per heavy atom. The van der Waals surface area contributed by atoms with Crippen LogP contribution in [0.25, 0.3) is 0 Å². The molecule has 0 radical (unpaired) electrons. The van der Waals surface area contributed by atoms with Crippen LogP contribution in [0, 0.1) is 5.92 Å². The van der Waals surface area contributed by atoms with Crippen LogP contribution in [0.4, 0.5) is 5.69 Å². The van der Waals surface area contributed by atoms with Crippen LogP contribution in [0.2, 0.25) is 5.02 Å². The molecule has 0 aliphatic carbocycles. The van der Waals surface area contributed by atoms with E-state index in [0.717, 1.165) is 0 Å². The largest absolute Gasteiger partial charge is 0.495 e. The molecular weight excluding hydrogens is 428 g/mol. The zero-order valence-corrected chi connectivity index (χ0v) is 18.8. The van der Waals surface area contributed by atoms with Gasteiger partial charge in [-0.15, -0.1) is 0 Å². The van der Waals surface area contributed by atoms with Crippen LogP contribution in [0.1, 0.15) is 30.6 Å². The third-order valence-electron chi connectivity index (χ3n) is 4.04. The molecule has 0 aromatic heterocycles. The Morgan fingerprint density at radius 3 is 2.60 bits per heavy atom. The number of anilines is 1. The second-order valence-electron chi connectivity index (χ2n) is 7.03. The average Bonchev–Trinajstić information content (AvgIpc) is 2.70. The summed E-state index contributed by atoms with van der Waals surface area (Å²) in [7, 11) is -2.59. The molecule has 1 amide bonds. The van der Waals surface area contributed by atoms with Crippen molar-refractivity contribution in [1.82, 2.24) is 5.32 Å². The third-order valence-corrected chi connectivity index (χ3v) is 5.88. The Kier molecular flexibility index (Phi) is 8.95. The first-order chi connectivity index (χ1) is 14.2. The van der Waals surface area contributed by atoms with E-state index in [9.17, 15) is 13.2 Å². The second-order valence-corrected chi connectivity index (χ2v) is 9.09. The maximum absolute atomic E-state index is 12.9. The first-order valence-corrected chi connectivity index (χ1v) is 11.4. The van der Waals surface area contributed by atoms with Gasteiger partial charge in [0.1, 0.15) is 10.6 Å². The number of rotatable bonds is 11. The third kappa shape index (κ3) is 6.90. The molecule has 2 aromatic carbocycles. The van der Waals surface area contributed by atoms with Crippen molar-refractivity contribution in [3.8, 4) is 5.75 Å². The summed E-state index contributed by atoms with van der Waals surface area (Å²) in [5.74, 6) is 0.438. The van der Waals surface area contributed by atoms with Crippen molar-refractivity contribution in [3.63, 3.8) is 0 Å². The molecule has 0 bridgehead atoms. The number of carbonyl (C=O) groups excluding carboxylic acids is 1. The van der Waals surface area contributed by atoms with Gasteiger partial charge >= 0.3 is 0 Å². The fraction of sp³-hybridized carbons (Fsp3) is 0.381. The van der Waals surface area contributed by atoms with Crippen molar-refractivity contribution in [2.75, 3.05) is 31.6 Å². The highest BCUT2D eigenvalue weighted by molar-refractivity contribution is 7.92. The Morgan fingerprint density at radius 1 is 1.17 bits per heavy atom. The van der Waals surface area contributed by atoms with Crippen LogP contribution in [0.5, 0.6) is 5.75 Å². The quantitative estimate of drug-likeness (QED) is 0.501. The predicted octanol–water partition coefficient (Wildman–Crippen LogP) is 3.94. The predicted molar refractivity (Wildman–Crippen MR) is 118 cm³/mol. The molecule has 164 valence electrons. The van der Waals surface area contributed by atoms with Gasteiger partial charge in [-0.05, 0) is 42.7 Å². The number of ether oxygens (including phenoxy) is 2. The van der Waals surface area contributed by atoms with E-state index in [1.807, 2.05) is 0 Å². The molecule has 2 aromatic rings. The van der Waals surface area contributed by atoms with Gasteiger partial charge in [-0.1, -0.05) is 37.6 Å². The zero-order chi connectivity index (χ0) is 22.1. The summed E-state index contributed by atoms with van der Waals surface area (Å²) in [5, 5.41) is 2.77. The first kappa shape index (κ1) is 24.0. The molecule has 0 unspecified atom stereocenters. The van der Waals surface area contributed by atoms with E-state index < -0.39 is 10.0 Å². The number of halogens is 1. The minimum absolute atomic E-state index is 0.0102. The molecule has 2 N–H and O–H groups in total. The number of amides is 1. The minimum Gasteiger partial charge on any atom is -0.495 e. The van der Waals surface area contributed by atoms with Gasteiger partial charge in [0.25, 0.3) is 15.9 Å². The Bertz CT molecular complexity index is 964. The molecule has 0 spiro atoms. The molecule has 0 fully saturated rings. The van der Waals surface area contributed by atoms with Crippen molar-refractivity contribution in [2.45, 2.75) is 25.2 Å². The maximum atomic E-state index is 12.9. The van der Waals surface area contributed by atoms with Crippen LogP contribution >= 0.6 is 11.6 Å². The van der Waals surface area contributed by atoms with Gasteiger partial charge in [-0.25, -0.2) is 8.42 Å². The smallest absolute Gasteiger partial charge is 0.263 e. The highest BCUT2D eigenvalue weighted by Crippen LogP contribution is 2.29. The Balaban J connectivity index is 2.07. The number of hydrogen-bond donors (Lipinski definition) is 2. The van der Waals surface area contributed by atoms with Gasteiger partial charge in [0.15, 0.2) is 0 Å². The number of nitrogens with one attached hydrogen (secondary N) is 2. The van der Waals surface area contributed by atoms with Crippen molar-refractivity contribution >= 4 is 33.2 Å². The summed E-state index contributed by atoms with van der Waals surface area (Å²) in [5.41, 5.74) is 0.468. The van der Waals surface area contributed by atoms with E-state index in [1.165, 1.54) is 25.3 Å². The first-order valence-electron chi connectivity index (χ1n) is 9.56. The van der Waals surface area contributed by atoms with Crippen LogP contribution in [0.3, 0.4) is 0 Å². The van der Waals surface area contributed by atoms with E-state index in [-0.39, 0.29) is 27.1 Å². The Hall–Kier alpha value is -2.29. The van der Waals surface area contributed by atoms with Crippen LogP contribution in [-0.2, 0) is 14.8 Å². The molecule has 7 nitrogen and oxygen atoms in total. The van der Waals surface area contributed by atoms with Gasteiger partial charge in [0, 0.05) is 25.3 Å². The number of benzene rings is 2. The lowest BCUT2D eigenvalue weighted by Crippen LogP contribution is -2.26. The molecule has 0 saturated carbocycles. The lowest BCUT2D eigenvalue weighted by atomic mass is 10.2. The van der Waals surface area contributed by atoms with Gasteiger partial charge in [-0.3, -0.25) is 9.52 Å². The number of hydrogen-bond acceptors (Lipinski definition) is 5.